The predicted octanol–water partition coefficient (Wildman–Crippen LogP) is 21.4. The molecule has 4 heteroatoms. The summed E-state index contributed by atoms with van der Waals surface area (Å²) < 4.78 is 2.52. The number of nitrogens with zero attached hydrogens (tertiary/aromatic N) is 2. The molecule has 2 aliphatic rings. The molecular weight excluding hydrogens is 904 g/mol. The molecular formula is C67H91Cl2N2+. The molecule has 0 saturated heterocycles. The third-order valence-corrected chi connectivity index (χ3v) is 16.2. The minimum Gasteiger partial charge on any atom is -0.344 e. The van der Waals surface area contributed by atoms with E-state index >= 15 is 0 Å². The molecule has 0 aromatic heterocycles. The molecule has 1 aliphatic heterocycles. The molecule has 1 fully saturated rings. The minimum atomic E-state index is -0.193. The second-order valence-corrected chi connectivity index (χ2v) is 22.8. The number of rotatable bonds is 29. The molecule has 4 aromatic rings. The Morgan fingerprint density at radius 3 is 1.61 bits per heavy atom. The number of allylic oxidation sites excluding steroid dienone is 8. The Morgan fingerprint density at radius 2 is 1.06 bits per heavy atom. The van der Waals surface area contributed by atoms with Crippen molar-refractivity contribution in [3.05, 3.63) is 171 Å². The van der Waals surface area contributed by atoms with Gasteiger partial charge in [-0.05, 0) is 92.1 Å². The Balaban J connectivity index is 1.36. The van der Waals surface area contributed by atoms with Gasteiger partial charge in [0.1, 0.15) is 0 Å². The number of hydrogen-bond acceptors (Lipinski definition) is 1. The van der Waals surface area contributed by atoms with E-state index in [1.54, 1.807) is 0 Å². The van der Waals surface area contributed by atoms with Gasteiger partial charge in [0.25, 0.3) is 0 Å². The zero-order valence-corrected chi connectivity index (χ0v) is 46.9. The van der Waals surface area contributed by atoms with Gasteiger partial charge in [-0.15, -0.1) is 0 Å². The number of unbranched alkanes of at least 4 members (excludes halogenated alkanes) is 19. The van der Waals surface area contributed by atoms with E-state index in [0.29, 0.717) is 0 Å². The molecule has 1 saturated carbocycles. The van der Waals surface area contributed by atoms with Gasteiger partial charge in [0.15, 0.2) is 0 Å². The van der Waals surface area contributed by atoms with E-state index < -0.39 is 0 Å². The van der Waals surface area contributed by atoms with E-state index in [9.17, 15) is 0 Å². The summed E-state index contributed by atoms with van der Waals surface area (Å²) in [6.45, 7) is 17.5. The fraction of sp³-hybridized carbons (Fsp3) is 0.507. The summed E-state index contributed by atoms with van der Waals surface area (Å²) in [6, 6.07) is 35.0. The van der Waals surface area contributed by atoms with Crippen LogP contribution in [0.3, 0.4) is 0 Å². The van der Waals surface area contributed by atoms with Gasteiger partial charge in [0.2, 0.25) is 17.1 Å². The molecule has 382 valence electrons. The van der Waals surface area contributed by atoms with Gasteiger partial charge in [-0.3, -0.25) is 0 Å². The molecule has 0 atom stereocenters. The van der Waals surface area contributed by atoms with Crippen molar-refractivity contribution in [2.75, 3.05) is 11.4 Å². The fourth-order valence-electron chi connectivity index (χ4n) is 11.4. The Bertz CT molecular complexity index is 2370. The summed E-state index contributed by atoms with van der Waals surface area (Å²) in [5.74, 6) is 0. The molecule has 0 radical (unpaired) electrons. The monoisotopic (exact) mass is 994 g/mol. The van der Waals surface area contributed by atoms with Crippen LogP contribution in [0, 0.1) is 6.92 Å². The van der Waals surface area contributed by atoms with Gasteiger partial charge in [-0.1, -0.05) is 253 Å². The fourth-order valence-corrected chi connectivity index (χ4v) is 11.8. The summed E-state index contributed by atoms with van der Waals surface area (Å²) in [7, 11) is 0. The second kappa shape index (κ2) is 29.0. The molecule has 0 bridgehead atoms. The number of halogens is 2. The maximum atomic E-state index is 6.76. The lowest BCUT2D eigenvalue weighted by molar-refractivity contribution is 0.533. The van der Waals surface area contributed by atoms with Crippen LogP contribution in [0.15, 0.2) is 144 Å². The van der Waals surface area contributed by atoms with Crippen LogP contribution in [0.25, 0.3) is 0 Å². The number of anilines is 1. The van der Waals surface area contributed by atoms with Crippen LogP contribution in [0.1, 0.15) is 212 Å². The lowest BCUT2D eigenvalue weighted by Gasteiger charge is -2.31. The third kappa shape index (κ3) is 15.9. The molecule has 0 amide bonds. The van der Waals surface area contributed by atoms with E-state index in [0.717, 1.165) is 35.9 Å². The van der Waals surface area contributed by atoms with E-state index in [2.05, 4.69) is 173 Å². The summed E-state index contributed by atoms with van der Waals surface area (Å²) >= 11 is 13.5. The predicted molar refractivity (Wildman–Crippen MR) is 315 cm³/mol. The highest BCUT2D eigenvalue weighted by atomic mass is 35.5. The van der Waals surface area contributed by atoms with Crippen molar-refractivity contribution in [1.82, 2.24) is 4.58 Å². The van der Waals surface area contributed by atoms with E-state index in [1.165, 1.54) is 197 Å². The molecule has 71 heavy (non-hydrogen) atoms. The van der Waals surface area contributed by atoms with E-state index in [-0.39, 0.29) is 10.8 Å². The molecule has 2 nitrogen and oxygen atoms in total. The Labute approximate surface area is 443 Å². The second-order valence-electron chi connectivity index (χ2n) is 22.0. The number of fused-ring (bicyclic) bond motifs is 1. The Morgan fingerprint density at radius 1 is 0.577 bits per heavy atom. The maximum absolute atomic E-state index is 6.76. The summed E-state index contributed by atoms with van der Waals surface area (Å²) in [5, 5.41) is 1.61. The molecule has 6 rings (SSSR count). The first-order valence-electron chi connectivity index (χ1n) is 28.4. The van der Waals surface area contributed by atoms with E-state index in [1.807, 2.05) is 6.07 Å². The molecule has 0 spiro atoms. The summed E-state index contributed by atoms with van der Waals surface area (Å²) in [6.07, 6.45) is 41.1. The van der Waals surface area contributed by atoms with Crippen molar-refractivity contribution >= 4 is 46.0 Å². The lowest BCUT2D eigenvalue weighted by Crippen LogP contribution is -2.27. The number of hydrogen-bond donors (Lipinski definition) is 0. The maximum Gasteiger partial charge on any atom is 0.218 e. The SMILES string of the molecule is CCCCCCCCCCCCC/C(=C/C=C1\CCC(=CC=C2N(CCCCCCCCCCCC)c3ccc(Cl)cc3C2(C)C)C1=[N+](c1ccccc1)c1ccccc1)C(C)(C)c1cc(Cl)ccc1C. The van der Waals surface area contributed by atoms with Crippen LogP contribution in [0.2, 0.25) is 10.0 Å². The molecule has 0 N–H and O–H groups in total. The number of aryl methyl sites for hydroxylation is 1. The first-order chi connectivity index (χ1) is 34.5. The van der Waals surface area contributed by atoms with Crippen molar-refractivity contribution < 1.29 is 0 Å². The van der Waals surface area contributed by atoms with Crippen molar-refractivity contribution in [1.29, 1.82) is 0 Å². The zero-order chi connectivity index (χ0) is 50.5. The van der Waals surface area contributed by atoms with Gasteiger partial charge in [-0.2, -0.15) is 4.58 Å². The standard InChI is InChI=1S/C67H91Cl2N2/c1-8-10-12-14-16-18-20-21-23-25-29-35-56(66(4,5)61-51-57(68)46-40-53(61)3)45-43-54-41-42-55(65(54)71(59-36-30-27-31-37-59)60-38-32-28-33-39-60)44-49-64-67(6,7)62-52-58(69)47-48-63(62)70(64)50-34-26-24-22-19-17-15-13-11-9-2/h27-28,30-33,36-40,43-49,51-52H,8-26,29,34-35,41-42,50H2,1-7H3/q+1/b54-43+,56-45-. The van der Waals surface area contributed by atoms with Crippen molar-refractivity contribution in [3.8, 4) is 0 Å². The summed E-state index contributed by atoms with van der Waals surface area (Å²) in [4.78, 5) is 2.62. The lowest BCUT2D eigenvalue weighted by atomic mass is 9.73. The highest BCUT2D eigenvalue weighted by Gasteiger charge is 2.40. The van der Waals surface area contributed by atoms with Crippen LogP contribution < -0.4 is 9.48 Å². The largest absolute Gasteiger partial charge is 0.344 e. The number of para-hydroxylation sites is 2. The average Bonchev–Trinajstić information content (AvgIpc) is 3.85. The molecule has 0 unspecified atom stereocenters. The highest BCUT2D eigenvalue weighted by Crippen LogP contribution is 2.49. The van der Waals surface area contributed by atoms with Gasteiger partial charge < -0.3 is 4.90 Å². The van der Waals surface area contributed by atoms with Gasteiger partial charge in [-0.25, -0.2) is 0 Å². The smallest absolute Gasteiger partial charge is 0.218 e. The van der Waals surface area contributed by atoms with Crippen molar-refractivity contribution in [2.24, 2.45) is 0 Å². The van der Waals surface area contributed by atoms with E-state index in [4.69, 9.17) is 23.2 Å². The normalized spacial score (nSPS) is 16.5. The summed E-state index contributed by atoms with van der Waals surface area (Å²) in [5.41, 5.74) is 14.1. The van der Waals surface area contributed by atoms with Gasteiger partial charge in [0.05, 0.1) is 0 Å². The van der Waals surface area contributed by atoms with Crippen LogP contribution in [-0.4, -0.2) is 12.3 Å². The molecule has 1 heterocycles. The quantitative estimate of drug-likeness (QED) is 0.0388. The van der Waals surface area contributed by atoms with Crippen LogP contribution in [-0.2, 0) is 10.8 Å². The number of benzene rings is 4. The highest BCUT2D eigenvalue weighted by molar-refractivity contribution is 6.31. The molecule has 4 aromatic carbocycles. The topological polar surface area (TPSA) is 6.25 Å². The van der Waals surface area contributed by atoms with Crippen molar-refractivity contribution in [3.63, 3.8) is 0 Å². The third-order valence-electron chi connectivity index (χ3n) is 15.8. The Hall–Kier alpha value is -4.11. The van der Waals surface area contributed by atoms with Crippen LogP contribution in [0.5, 0.6) is 0 Å². The van der Waals surface area contributed by atoms with Gasteiger partial charge >= 0.3 is 0 Å². The minimum absolute atomic E-state index is 0.186. The zero-order valence-electron chi connectivity index (χ0n) is 45.4. The molecule has 1 aliphatic carbocycles. The first kappa shape index (κ1) is 56.2. The van der Waals surface area contributed by atoms with Gasteiger partial charge in [0, 0.05) is 74.2 Å². The van der Waals surface area contributed by atoms with Crippen molar-refractivity contribution in [2.45, 2.75) is 213 Å². The van der Waals surface area contributed by atoms with Crippen LogP contribution in [0.4, 0.5) is 17.1 Å². The first-order valence-corrected chi connectivity index (χ1v) is 29.2. The van der Waals surface area contributed by atoms with Crippen LogP contribution >= 0.6 is 23.2 Å². The average molecular weight is 995 g/mol. The Kier molecular flexibility index (Phi) is 22.9.